The van der Waals surface area contributed by atoms with Gasteiger partial charge in [0.25, 0.3) is 0 Å². The van der Waals surface area contributed by atoms with Crippen molar-refractivity contribution in [1.82, 2.24) is 10.3 Å². The molecule has 10 heteroatoms. The predicted octanol–water partition coefficient (Wildman–Crippen LogP) is 3.86. The van der Waals surface area contributed by atoms with Crippen molar-refractivity contribution >= 4 is 28.4 Å². The lowest BCUT2D eigenvalue weighted by Crippen LogP contribution is -2.66. The maximum Gasteiger partial charge on any atom is 0.242 e. The van der Waals surface area contributed by atoms with Crippen molar-refractivity contribution in [3.8, 4) is 34.1 Å². The molecule has 1 saturated heterocycles. The van der Waals surface area contributed by atoms with Crippen LogP contribution >= 0.6 is 0 Å². The minimum Gasteiger partial charge on any atom is -0.493 e. The summed E-state index contributed by atoms with van der Waals surface area (Å²) >= 11 is 0. The zero-order valence-corrected chi connectivity index (χ0v) is 20.7. The molecule has 3 aromatic carbocycles. The number of ether oxygens (including phenoxy) is 3. The molecule has 38 heavy (non-hydrogen) atoms. The van der Waals surface area contributed by atoms with E-state index in [1.165, 1.54) is 18.2 Å². The minimum atomic E-state index is -1.33. The highest BCUT2D eigenvalue weighted by Gasteiger charge is 2.50. The molecule has 0 bridgehead atoms. The van der Waals surface area contributed by atoms with Gasteiger partial charge in [-0.2, -0.15) is 0 Å². The summed E-state index contributed by atoms with van der Waals surface area (Å²) in [6, 6.07) is 16.3. The number of carbonyl (C=O) groups excluding carboxylic acids is 2. The third-order valence-corrected chi connectivity index (χ3v) is 6.59. The molecule has 4 N–H and O–H groups in total. The lowest BCUT2D eigenvalue weighted by molar-refractivity contribution is -0.141. The van der Waals surface area contributed by atoms with E-state index in [4.69, 9.17) is 19.9 Å². The van der Waals surface area contributed by atoms with E-state index in [0.29, 0.717) is 45.3 Å². The van der Waals surface area contributed by atoms with E-state index in [1.807, 2.05) is 0 Å². The number of halogens is 1. The fourth-order valence-corrected chi connectivity index (χ4v) is 4.29. The molecular formula is C28H25FN4O5. The second-order valence-corrected chi connectivity index (χ2v) is 8.85. The number of carbonyl (C=O) groups is 2. The summed E-state index contributed by atoms with van der Waals surface area (Å²) in [5.41, 5.74) is 6.26. The number of rotatable bonds is 8. The Morgan fingerprint density at radius 3 is 2.32 bits per heavy atom. The molecule has 1 aliphatic rings. The molecule has 0 aliphatic carbocycles. The number of nitrogens with two attached hydrogens (primary N) is 1. The van der Waals surface area contributed by atoms with Crippen molar-refractivity contribution < 1.29 is 28.2 Å². The minimum absolute atomic E-state index is 0.152. The number of amides is 2. The van der Waals surface area contributed by atoms with Gasteiger partial charge in [-0.1, -0.05) is 12.1 Å². The van der Waals surface area contributed by atoms with Crippen LogP contribution in [0.5, 0.6) is 23.0 Å². The number of nitrogens with zero attached hydrogens (tertiary/aromatic N) is 1. The van der Waals surface area contributed by atoms with E-state index < -0.39 is 23.0 Å². The van der Waals surface area contributed by atoms with Gasteiger partial charge in [-0.15, -0.1) is 0 Å². The number of primary amides is 1. The van der Waals surface area contributed by atoms with Gasteiger partial charge in [0.2, 0.25) is 11.8 Å². The smallest absolute Gasteiger partial charge is 0.242 e. The number of hydrogen-bond acceptors (Lipinski definition) is 7. The average Bonchev–Trinajstić information content (AvgIpc) is 2.88. The van der Waals surface area contributed by atoms with E-state index in [-0.39, 0.29) is 13.1 Å². The largest absolute Gasteiger partial charge is 0.493 e. The number of pyridine rings is 1. The Balaban J connectivity index is 1.42. The lowest BCUT2D eigenvalue weighted by Gasteiger charge is -2.38. The summed E-state index contributed by atoms with van der Waals surface area (Å²) in [6.07, 6.45) is 1.64. The molecule has 0 spiro atoms. The maximum atomic E-state index is 14.2. The number of nitrogens with one attached hydrogen (secondary N) is 2. The van der Waals surface area contributed by atoms with Crippen molar-refractivity contribution in [2.75, 3.05) is 32.6 Å². The SMILES string of the molecule is COc1cc2nccc(Oc3ccc(-c4cc(F)ccc4NC(=O)C4(C(N)=O)CNC4)cc3)c2cc1OC. The Kier molecular flexibility index (Phi) is 6.56. The monoisotopic (exact) mass is 516 g/mol. The van der Waals surface area contributed by atoms with Gasteiger partial charge in [-0.3, -0.25) is 14.6 Å². The molecule has 0 saturated carbocycles. The first kappa shape index (κ1) is 25.0. The summed E-state index contributed by atoms with van der Waals surface area (Å²) < 4.78 is 31.1. The predicted molar refractivity (Wildman–Crippen MR) is 140 cm³/mol. The van der Waals surface area contributed by atoms with E-state index in [1.54, 1.807) is 62.9 Å². The van der Waals surface area contributed by atoms with Crippen molar-refractivity contribution in [2.45, 2.75) is 0 Å². The van der Waals surface area contributed by atoms with Gasteiger partial charge in [-0.25, -0.2) is 4.39 Å². The Morgan fingerprint density at radius 1 is 0.974 bits per heavy atom. The fraction of sp³-hybridized carbons (Fsp3) is 0.179. The number of methoxy groups -OCH3 is 2. The van der Waals surface area contributed by atoms with Crippen LogP contribution in [0.15, 0.2) is 66.9 Å². The number of benzene rings is 3. The van der Waals surface area contributed by atoms with E-state index in [2.05, 4.69) is 15.6 Å². The Morgan fingerprint density at radius 2 is 1.68 bits per heavy atom. The van der Waals surface area contributed by atoms with Gasteiger partial charge in [-0.05, 0) is 48.0 Å². The first-order valence-electron chi connectivity index (χ1n) is 11.8. The highest BCUT2D eigenvalue weighted by atomic mass is 19.1. The number of fused-ring (bicyclic) bond motifs is 1. The van der Waals surface area contributed by atoms with Crippen LogP contribution in [0.3, 0.4) is 0 Å². The van der Waals surface area contributed by atoms with Gasteiger partial charge in [0.05, 0.1) is 19.7 Å². The number of anilines is 1. The molecule has 5 rings (SSSR count). The molecule has 1 aliphatic heterocycles. The first-order chi connectivity index (χ1) is 18.3. The normalized spacial score (nSPS) is 13.9. The molecular weight excluding hydrogens is 491 g/mol. The number of hydrogen-bond donors (Lipinski definition) is 3. The molecule has 2 amide bonds. The van der Waals surface area contributed by atoms with Crippen molar-refractivity contribution in [2.24, 2.45) is 11.1 Å². The molecule has 1 aromatic heterocycles. The van der Waals surface area contributed by atoms with Gasteiger partial charge in [0.15, 0.2) is 16.9 Å². The van der Waals surface area contributed by atoms with Crippen LogP contribution in [0.1, 0.15) is 0 Å². The van der Waals surface area contributed by atoms with Crippen LogP contribution in [0.2, 0.25) is 0 Å². The molecule has 2 heterocycles. The second kappa shape index (κ2) is 9.98. The van der Waals surface area contributed by atoms with Crippen LogP contribution in [-0.2, 0) is 9.59 Å². The third-order valence-electron chi connectivity index (χ3n) is 6.59. The van der Waals surface area contributed by atoms with Gasteiger partial charge in [0.1, 0.15) is 17.3 Å². The molecule has 0 radical (unpaired) electrons. The third kappa shape index (κ3) is 4.46. The highest BCUT2D eigenvalue weighted by molar-refractivity contribution is 6.12. The zero-order chi connectivity index (χ0) is 26.9. The van der Waals surface area contributed by atoms with Crippen LogP contribution in [0.4, 0.5) is 10.1 Å². The van der Waals surface area contributed by atoms with Gasteiger partial charge < -0.3 is 30.6 Å². The first-order valence-corrected chi connectivity index (χ1v) is 11.8. The standard InChI is InChI=1S/C28H25FN4O5/c1-36-24-12-20-22(13-25(24)37-2)32-10-9-23(20)38-18-6-3-16(4-7-18)19-11-17(29)5-8-21(19)33-27(35)28(26(30)34)14-31-15-28/h3-13,31H,14-15H2,1-2H3,(H2,30,34)(H,33,35). The summed E-state index contributed by atoms with van der Waals surface area (Å²) in [5.74, 6) is 0.485. The van der Waals surface area contributed by atoms with Crippen molar-refractivity contribution in [1.29, 1.82) is 0 Å². The van der Waals surface area contributed by atoms with Gasteiger partial charge in [0, 0.05) is 42.0 Å². The molecule has 0 unspecified atom stereocenters. The van der Waals surface area contributed by atoms with Crippen LogP contribution < -0.4 is 30.6 Å². The van der Waals surface area contributed by atoms with Crippen molar-refractivity contribution in [3.63, 3.8) is 0 Å². The summed E-state index contributed by atoms with van der Waals surface area (Å²) in [7, 11) is 3.11. The fourth-order valence-electron chi connectivity index (χ4n) is 4.29. The quantitative estimate of drug-likeness (QED) is 0.304. The lowest BCUT2D eigenvalue weighted by atomic mass is 9.80. The summed E-state index contributed by atoms with van der Waals surface area (Å²) in [4.78, 5) is 29.2. The topological polar surface area (TPSA) is 125 Å². The summed E-state index contributed by atoms with van der Waals surface area (Å²) in [5, 5.41) is 6.38. The van der Waals surface area contributed by atoms with Crippen LogP contribution in [0.25, 0.3) is 22.0 Å². The highest BCUT2D eigenvalue weighted by Crippen LogP contribution is 2.38. The zero-order valence-electron chi connectivity index (χ0n) is 20.7. The molecule has 9 nitrogen and oxygen atoms in total. The number of aromatic nitrogens is 1. The van der Waals surface area contributed by atoms with Gasteiger partial charge >= 0.3 is 0 Å². The van der Waals surface area contributed by atoms with Crippen LogP contribution in [-0.4, -0.2) is 44.1 Å². The van der Waals surface area contributed by atoms with E-state index in [9.17, 15) is 14.0 Å². The van der Waals surface area contributed by atoms with Crippen LogP contribution in [0, 0.1) is 11.2 Å². The molecule has 194 valence electrons. The van der Waals surface area contributed by atoms with E-state index in [0.717, 1.165) is 5.39 Å². The van der Waals surface area contributed by atoms with Crippen molar-refractivity contribution in [3.05, 3.63) is 72.7 Å². The Hall–Kier alpha value is -4.70. The van der Waals surface area contributed by atoms with E-state index >= 15 is 0 Å². The molecule has 1 fully saturated rings. The molecule has 4 aromatic rings. The average molecular weight is 517 g/mol. The molecule has 0 atom stereocenters. The second-order valence-electron chi connectivity index (χ2n) is 8.85. The summed E-state index contributed by atoms with van der Waals surface area (Å²) in [6.45, 7) is 0.304. The Labute approximate surface area is 217 Å². The maximum absolute atomic E-state index is 14.2. The Bertz CT molecular complexity index is 1540.